The summed E-state index contributed by atoms with van der Waals surface area (Å²) in [6.45, 7) is 8.41. The van der Waals surface area contributed by atoms with Crippen LogP contribution in [0.15, 0.2) is 383 Å². The molecule has 2 unspecified atom stereocenters. The van der Waals surface area contributed by atoms with E-state index in [1.54, 1.807) is 6.08 Å². The lowest BCUT2D eigenvalue weighted by Gasteiger charge is -2.29. The molecule has 0 aliphatic heterocycles. The van der Waals surface area contributed by atoms with Gasteiger partial charge in [0.15, 0.2) is 29.1 Å². The van der Waals surface area contributed by atoms with Gasteiger partial charge in [-0.3, -0.25) is 0 Å². The molecular formula is C112H86N6O2. The van der Waals surface area contributed by atoms with Crippen LogP contribution in [0.1, 0.15) is 111 Å². The van der Waals surface area contributed by atoms with Gasteiger partial charge in [-0.1, -0.05) is 323 Å². The Morgan fingerprint density at radius 2 is 1.07 bits per heavy atom. The number of aromatic nitrogens is 6. The quantitative estimate of drug-likeness (QED) is 0.0831. The van der Waals surface area contributed by atoms with Crippen molar-refractivity contribution in [3.63, 3.8) is 0 Å². The standard InChI is InChI=1S/C112H86N6O2/c1-4-6-22-71(5-2)107-113-110(90-57-59-93(70(3)63-90)79-47-41-74(42-48-79)72-23-10-7-11-24-72)118-112(114-107)92-67-88-29-16-17-32-94(88)99(69-92)97-61-60-96(106-105(97)98-33-18-19-35-101(98)120-106)80-49-43-78(44-50-80)84-31-20-30-83(64-84)77-39-37-75(38-40-77)76-45-51-82(52-46-76)109-115-108(81-27-14-9-15-28-81)116-111(117-109)91-56-54-85-65-89(55-53-86(85)66-91)95-34-21-36-103-104(95)100-68-87(58-62-102(100)119-103)73-25-12-8-13-26-73/h4-10,12-16,18-23,25-31,33-47,49-52,54,56-62,64-68,70,79,92H,1,11,17,24,32,48,53,55,63,69H2,2-3H3/b22-6-,71-5+/t70-,79?,92?/m1/s1. The molecule has 6 aliphatic rings. The van der Waals surface area contributed by atoms with E-state index in [1.807, 2.05) is 24.3 Å². The topological polar surface area (TPSA) is 104 Å². The monoisotopic (exact) mass is 1550 g/mol. The SMILES string of the molecule is C=C/C=C\C(=C/C)c1nc(C2=CC=C(C3C=CC(C4=CC=CCC4)=CC3)[C@H](C)C2)nc(C2C=C3C=CCCC3=C(c3ccc(-c4ccc(-c5cccc(-c6ccc(-c7ccc(-c8nc(-c9ccccc9)nc(-c9ccc%10c(c9)CCC(c9cccc%11oc%12ccc(-c%13ccccc%13)cc%12c9%11)=C%10)n8)cc7)cc6)c5)cc4)c4oc5ccccc5c34)C2)n1. The van der Waals surface area contributed by atoms with Gasteiger partial charge < -0.3 is 8.83 Å². The molecule has 4 heterocycles. The summed E-state index contributed by atoms with van der Waals surface area (Å²) in [5, 5.41) is 4.53. The molecule has 21 rings (SSSR count). The number of benzene rings is 11. The van der Waals surface area contributed by atoms with Crippen molar-refractivity contribution in [1.29, 1.82) is 0 Å². The molecule has 0 fully saturated rings. The van der Waals surface area contributed by atoms with Crippen molar-refractivity contribution in [3.05, 3.63) is 414 Å². The van der Waals surface area contributed by atoms with E-state index in [-0.39, 0.29) is 5.92 Å². The lowest BCUT2D eigenvalue weighted by molar-refractivity contribution is 0.590. The number of hydrogen-bond donors (Lipinski definition) is 0. The van der Waals surface area contributed by atoms with E-state index in [0.29, 0.717) is 35.1 Å². The van der Waals surface area contributed by atoms with Crippen molar-refractivity contribution < 1.29 is 8.83 Å². The van der Waals surface area contributed by atoms with E-state index in [1.165, 1.54) is 72.4 Å². The molecule has 15 aromatic rings. The van der Waals surface area contributed by atoms with Gasteiger partial charge in [-0.05, 0) is 224 Å². The molecule has 3 atom stereocenters. The van der Waals surface area contributed by atoms with Crippen LogP contribution in [0.2, 0.25) is 0 Å². The summed E-state index contributed by atoms with van der Waals surface area (Å²) in [6, 6.07) is 88.9. The van der Waals surface area contributed by atoms with Gasteiger partial charge in [0.25, 0.3) is 0 Å². The van der Waals surface area contributed by atoms with Crippen LogP contribution in [0, 0.1) is 11.8 Å². The summed E-state index contributed by atoms with van der Waals surface area (Å²) in [6.07, 6.45) is 44.4. The molecular weight excluding hydrogens is 1460 g/mol. The summed E-state index contributed by atoms with van der Waals surface area (Å²) >= 11 is 0. The summed E-state index contributed by atoms with van der Waals surface area (Å²) in [7, 11) is 0. The second kappa shape index (κ2) is 31.6. The Bertz CT molecular complexity index is 7060. The van der Waals surface area contributed by atoms with Gasteiger partial charge in [-0.25, -0.2) is 29.9 Å². The van der Waals surface area contributed by atoms with Crippen LogP contribution in [-0.4, -0.2) is 29.9 Å². The van der Waals surface area contributed by atoms with Crippen LogP contribution < -0.4 is 0 Å². The van der Waals surface area contributed by atoms with E-state index in [2.05, 4.69) is 336 Å². The van der Waals surface area contributed by atoms with Gasteiger partial charge >= 0.3 is 0 Å². The van der Waals surface area contributed by atoms with Gasteiger partial charge in [0.1, 0.15) is 28.2 Å². The Kier molecular flexibility index (Phi) is 19.3. The molecule has 0 radical (unpaired) electrons. The minimum Gasteiger partial charge on any atom is -0.456 e. The Morgan fingerprint density at radius 1 is 0.433 bits per heavy atom. The maximum Gasteiger partial charge on any atom is 0.164 e. The zero-order chi connectivity index (χ0) is 80.2. The Labute approximate surface area is 699 Å². The molecule has 0 bridgehead atoms. The number of hydrogen-bond acceptors (Lipinski definition) is 8. The highest BCUT2D eigenvalue weighted by Gasteiger charge is 2.32. The average Bonchev–Trinajstić information content (AvgIpc) is 1.55. The molecule has 0 saturated carbocycles. The third kappa shape index (κ3) is 14.1. The van der Waals surface area contributed by atoms with Crippen LogP contribution in [0.25, 0.3) is 162 Å². The number of nitrogens with zero attached hydrogens (tertiary/aromatic N) is 6. The summed E-state index contributed by atoms with van der Waals surface area (Å²) in [4.78, 5) is 31.7. The fourth-order valence-corrected chi connectivity index (χ4v) is 18.8. The largest absolute Gasteiger partial charge is 0.456 e. The van der Waals surface area contributed by atoms with E-state index in [0.717, 1.165) is 186 Å². The van der Waals surface area contributed by atoms with E-state index in [4.69, 9.17) is 38.7 Å². The first kappa shape index (κ1) is 73.3. The van der Waals surface area contributed by atoms with Gasteiger partial charge in [0.2, 0.25) is 0 Å². The Balaban J connectivity index is 0.532. The zero-order valence-electron chi connectivity index (χ0n) is 67.2. The number of allylic oxidation sites excluding steroid dienone is 24. The molecule has 0 N–H and O–H groups in total. The summed E-state index contributed by atoms with van der Waals surface area (Å²) in [5.41, 5.74) is 34.1. The van der Waals surface area contributed by atoms with Crippen LogP contribution in [0.3, 0.4) is 0 Å². The number of furan rings is 2. The average molecular weight is 1550 g/mol. The van der Waals surface area contributed by atoms with Gasteiger partial charge in [-0.2, -0.15) is 0 Å². The Hall–Kier alpha value is -14.3. The predicted molar refractivity (Wildman–Crippen MR) is 496 cm³/mol. The molecule has 8 heteroatoms. The molecule has 576 valence electrons. The van der Waals surface area contributed by atoms with E-state index >= 15 is 0 Å². The maximum absolute atomic E-state index is 7.06. The molecule has 11 aromatic carbocycles. The zero-order valence-corrected chi connectivity index (χ0v) is 67.2. The second-order valence-electron chi connectivity index (χ2n) is 32.4. The Morgan fingerprint density at radius 3 is 1.81 bits per heavy atom. The molecule has 4 aromatic heterocycles. The van der Waals surface area contributed by atoms with Crippen molar-refractivity contribution in [3.8, 4) is 89.8 Å². The molecule has 120 heavy (non-hydrogen) atoms. The maximum atomic E-state index is 7.06. The smallest absolute Gasteiger partial charge is 0.164 e. The van der Waals surface area contributed by atoms with Crippen molar-refractivity contribution in [2.75, 3.05) is 0 Å². The summed E-state index contributed by atoms with van der Waals surface area (Å²) < 4.78 is 13.5. The lowest BCUT2D eigenvalue weighted by Crippen LogP contribution is -2.17. The van der Waals surface area contributed by atoms with Crippen LogP contribution in [0.4, 0.5) is 0 Å². The highest BCUT2D eigenvalue weighted by Crippen LogP contribution is 2.50. The predicted octanol–water partition coefficient (Wildman–Crippen LogP) is 29.2. The minimum absolute atomic E-state index is 0.124. The third-order valence-corrected chi connectivity index (χ3v) is 25.1. The van der Waals surface area contributed by atoms with Crippen molar-refractivity contribution >= 4 is 72.2 Å². The van der Waals surface area contributed by atoms with E-state index in [9.17, 15) is 0 Å². The lowest BCUT2D eigenvalue weighted by atomic mass is 9.76. The van der Waals surface area contributed by atoms with Gasteiger partial charge in [0, 0.05) is 61.2 Å². The number of aryl methyl sites for hydroxylation is 1. The number of para-hydroxylation sites is 1. The van der Waals surface area contributed by atoms with Crippen LogP contribution >= 0.6 is 0 Å². The number of fused-ring (bicyclic) bond motifs is 8. The minimum atomic E-state index is -0.124. The second-order valence-corrected chi connectivity index (χ2v) is 32.4. The molecule has 0 saturated heterocycles. The fourth-order valence-electron chi connectivity index (χ4n) is 18.8. The first-order chi connectivity index (χ1) is 59.2. The van der Waals surface area contributed by atoms with Crippen LogP contribution in [-0.2, 0) is 6.42 Å². The first-order valence-corrected chi connectivity index (χ1v) is 42.2. The van der Waals surface area contributed by atoms with Crippen molar-refractivity contribution in [2.24, 2.45) is 11.8 Å². The summed E-state index contributed by atoms with van der Waals surface area (Å²) in [5.74, 6) is 4.64. The third-order valence-electron chi connectivity index (χ3n) is 25.1. The van der Waals surface area contributed by atoms with Gasteiger partial charge in [-0.15, -0.1) is 0 Å². The molecule has 0 spiro atoms. The van der Waals surface area contributed by atoms with Gasteiger partial charge in [0.05, 0.1) is 0 Å². The molecule has 8 nitrogen and oxygen atoms in total. The van der Waals surface area contributed by atoms with E-state index < -0.39 is 0 Å². The normalized spacial score (nSPS) is 17.2. The van der Waals surface area contributed by atoms with Crippen molar-refractivity contribution in [1.82, 2.24) is 29.9 Å². The van der Waals surface area contributed by atoms with Crippen LogP contribution in [0.5, 0.6) is 0 Å². The number of rotatable bonds is 17. The highest BCUT2D eigenvalue weighted by atomic mass is 16.3. The van der Waals surface area contributed by atoms with Crippen molar-refractivity contribution in [2.45, 2.75) is 77.6 Å². The fraction of sp³-hybridized carbons (Fsp3) is 0.125. The molecule has 0 amide bonds. The molecule has 6 aliphatic carbocycles. The first-order valence-electron chi connectivity index (χ1n) is 42.2. The highest BCUT2D eigenvalue weighted by molar-refractivity contribution is 6.15.